The van der Waals surface area contributed by atoms with Crippen molar-refractivity contribution in [2.75, 3.05) is 47.3 Å². The molecule has 1 unspecified atom stereocenters. The van der Waals surface area contributed by atoms with E-state index < -0.39 is 0 Å². The van der Waals surface area contributed by atoms with Crippen molar-refractivity contribution in [1.29, 1.82) is 0 Å². The fourth-order valence-corrected chi connectivity index (χ4v) is 3.10. The van der Waals surface area contributed by atoms with Gasteiger partial charge in [-0.15, -0.1) is 0 Å². The van der Waals surface area contributed by atoms with Crippen molar-refractivity contribution in [2.24, 2.45) is 0 Å². The molecular weight excluding hydrogens is 240 g/mol. The summed E-state index contributed by atoms with van der Waals surface area (Å²) in [5.74, 6) is 0. The van der Waals surface area contributed by atoms with Gasteiger partial charge in [0.05, 0.1) is 0 Å². The van der Waals surface area contributed by atoms with Crippen molar-refractivity contribution in [1.82, 2.24) is 20.0 Å². The van der Waals surface area contributed by atoms with Crippen LogP contribution in [0.5, 0.6) is 0 Å². The minimum atomic E-state index is 0.147. The number of urea groups is 1. The molecule has 2 aliphatic heterocycles. The lowest BCUT2D eigenvalue weighted by molar-refractivity contribution is 0.151. The van der Waals surface area contributed by atoms with Gasteiger partial charge in [0.15, 0.2) is 0 Å². The maximum Gasteiger partial charge on any atom is 0.319 e. The zero-order valence-electron chi connectivity index (χ0n) is 12.6. The molecule has 0 bridgehead atoms. The minimum absolute atomic E-state index is 0.147. The molecule has 0 aromatic rings. The van der Waals surface area contributed by atoms with Crippen LogP contribution < -0.4 is 5.32 Å². The number of piperidine rings is 1. The normalized spacial score (nSPS) is 25.8. The van der Waals surface area contributed by atoms with Gasteiger partial charge in [-0.3, -0.25) is 0 Å². The van der Waals surface area contributed by atoms with E-state index in [0.717, 1.165) is 32.5 Å². The van der Waals surface area contributed by atoms with Crippen LogP contribution in [0, 0.1) is 0 Å². The largest absolute Gasteiger partial charge is 0.331 e. The number of nitrogens with zero attached hydrogens (tertiary/aromatic N) is 3. The van der Waals surface area contributed by atoms with Crippen molar-refractivity contribution < 1.29 is 4.79 Å². The number of amides is 2. The number of carbonyl (C=O) groups excluding carboxylic acids is 1. The van der Waals surface area contributed by atoms with Crippen LogP contribution >= 0.6 is 0 Å². The van der Waals surface area contributed by atoms with Crippen LogP contribution in [-0.2, 0) is 0 Å². The van der Waals surface area contributed by atoms with Gasteiger partial charge in [-0.05, 0) is 39.3 Å². The Hall–Kier alpha value is -0.810. The van der Waals surface area contributed by atoms with Crippen LogP contribution in [0.15, 0.2) is 0 Å². The zero-order chi connectivity index (χ0) is 13.8. The van der Waals surface area contributed by atoms with Crippen molar-refractivity contribution in [3.05, 3.63) is 0 Å². The van der Waals surface area contributed by atoms with Crippen molar-refractivity contribution in [3.8, 4) is 0 Å². The maximum absolute atomic E-state index is 11.8. The Balaban J connectivity index is 1.67. The highest BCUT2D eigenvalue weighted by Gasteiger charge is 2.25. The molecular formula is C14H28N4O. The van der Waals surface area contributed by atoms with Gasteiger partial charge in [0.1, 0.15) is 0 Å². The first-order valence-corrected chi connectivity index (χ1v) is 7.48. The Morgan fingerprint density at radius 1 is 1.21 bits per heavy atom. The van der Waals surface area contributed by atoms with Gasteiger partial charge in [0, 0.05) is 45.8 Å². The lowest BCUT2D eigenvalue weighted by Crippen LogP contribution is -2.49. The van der Waals surface area contributed by atoms with E-state index in [9.17, 15) is 4.79 Å². The molecule has 0 aromatic carbocycles. The van der Waals surface area contributed by atoms with Crippen LogP contribution in [0.1, 0.15) is 25.7 Å². The van der Waals surface area contributed by atoms with Crippen molar-refractivity contribution >= 4 is 6.03 Å². The number of carbonyl (C=O) groups is 1. The lowest BCUT2D eigenvalue weighted by atomic mass is 10.0. The van der Waals surface area contributed by atoms with Gasteiger partial charge in [0.25, 0.3) is 0 Å². The number of likely N-dealkylation sites (N-methyl/N-ethyl adjacent to an activating group) is 1. The second kappa shape index (κ2) is 6.57. The van der Waals surface area contributed by atoms with Crippen LogP contribution in [-0.4, -0.2) is 80.1 Å². The van der Waals surface area contributed by atoms with Crippen LogP contribution in [0.2, 0.25) is 0 Å². The lowest BCUT2D eigenvalue weighted by Gasteiger charge is -2.34. The summed E-state index contributed by atoms with van der Waals surface area (Å²) in [7, 11) is 5.86. The van der Waals surface area contributed by atoms with Gasteiger partial charge >= 0.3 is 6.03 Å². The van der Waals surface area contributed by atoms with E-state index >= 15 is 0 Å². The van der Waals surface area contributed by atoms with E-state index in [-0.39, 0.29) is 6.03 Å². The number of hydrogen-bond donors (Lipinski definition) is 1. The molecule has 0 aromatic heterocycles. The molecule has 1 N–H and O–H groups in total. The number of likely N-dealkylation sites (tertiary alicyclic amines) is 2. The summed E-state index contributed by atoms with van der Waals surface area (Å²) in [4.78, 5) is 17.9. The molecule has 2 amide bonds. The summed E-state index contributed by atoms with van der Waals surface area (Å²) in [6.45, 7) is 4.11. The van der Waals surface area contributed by atoms with E-state index in [0.29, 0.717) is 12.1 Å². The molecule has 19 heavy (non-hydrogen) atoms. The highest BCUT2D eigenvalue weighted by Crippen LogP contribution is 2.16. The molecule has 0 saturated carbocycles. The summed E-state index contributed by atoms with van der Waals surface area (Å²) in [6, 6.07) is 1.44. The summed E-state index contributed by atoms with van der Waals surface area (Å²) in [5.41, 5.74) is 0. The summed E-state index contributed by atoms with van der Waals surface area (Å²) in [6.07, 6.45) is 4.81. The minimum Gasteiger partial charge on any atom is -0.331 e. The zero-order valence-corrected chi connectivity index (χ0v) is 12.6. The average Bonchev–Trinajstić information content (AvgIpc) is 2.81. The Morgan fingerprint density at radius 2 is 1.89 bits per heavy atom. The predicted molar refractivity (Wildman–Crippen MR) is 77.3 cm³/mol. The van der Waals surface area contributed by atoms with E-state index in [2.05, 4.69) is 17.3 Å². The van der Waals surface area contributed by atoms with E-state index in [1.165, 1.54) is 19.4 Å². The second-order valence-electron chi connectivity index (χ2n) is 6.12. The smallest absolute Gasteiger partial charge is 0.319 e. The third-order valence-electron chi connectivity index (χ3n) is 4.46. The summed E-state index contributed by atoms with van der Waals surface area (Å²) < 4.78 is 0. The van der Waals surface area contributed by atoms with Crippen LogP contribution in [0.25, 0.3) is 0 Å². The Bertz CT molecular complexity index is 300. The highest BCUT2D eigenvalue weighted by atomic mass is 16.2. The van der Waals surface area contributed by atoms with Crippen molar-refractivity contribution in [3.63, 3.8) is 0 Å². The summed E-state index contributed by atoms with van der Waals surface area (Å²) >= 11 is 0. The number of rotatable bonds is 3. The fraction of sp³-hybridized carbons (Fsp3) is 0.929. The molecule has 0 aliphatic carbocycles. The first-order chi connectivity index (χ1) is 9.08. The molecule has 0 radical (unpaired) electrons. The van der Waals surface area contributed by atoms with Crippen LogP contribution in [0.4, 0.5) is 4.79 Å². The molecule has 5 heteroatoms. The standard InChI is InChI=1S/C14H28N4O/c1-16(2)14(19)18-9-6-12(7-10-18)15-11-13-5-4-8-17(13)3/h12-13,15H,4-11H2,1-3H3. The van der Waals surface area contributed by atoms with E-state index in [1.54, 1.807) is 4.90 Å². The number of nitrogens with one attached hydrogen (secondary N) is 1. The van der Waals surface area contributed by atoms with Gasteiger partial charge in [-0.2, -0.15) is 0 Å². The molecule has 2 heterocycles. The van der Waals surface area contributed by atoms with Gasteiger partial charge in [0.2, 0.25) is 0 Å². The quantitative estimate of drug-likeness (QED) is 0.823. The molecule has 5 nitrogen and oxygen atoms in total. The Labute approximate surface area is 116 Å². The van der Waals surface area contributed by atoms with Gasteiger partial charge < -0.3 is 20.0 Å². The van der Waals surface area contributed by atoms with E-state index in [1.807, 2.05) is 19.0 Å². The van der Waals surface area contributed by atoms with Gasteiger partial charge in [-0.25, -0.2) is 4.79 Å². The van der Waals surface area contributed by atoms with Crippen molar-refractivity contribution in [2.45, 2.75) is 37.8 Å². The molecule has 0 spiro atoms. The second-order valence-corrected chi connectivity index (χ2v) is 6.12. The maximum atomic E-state index is 11.8. The SMILES string of the molecule is CN(C)C(=O)N1CCC(NCC2CCCN2C)CC1. The molecule has 2 fully saturated rings. The van der Waals surface area contributed by atoms with Crippen LogP contribution in [0.3, 0.4) is 0 Å². The Kier molecular flexibility index (Phi) is 5.05. The van der Waals surface area contributed by atoms with E-state index in [4.69, 9.17) is 0 Å². The third kappa shape index (κ3) is 3.83. The molecule has 2 rings (SSSR count). The fourth-order valence-electron chi connectivity index (χ4n) is 3.10. The number of hydrogen-bond acceptors (Lipinski definition) is 3. The molecule has 1 atom stereocenters. The topological polar surface area (TPSA) is 38.8 Å². The predicted octanol–water partition coefficient (Wildman–Crippen LogP) is 0.816. The van der Waals surface area contributed by atoms with Gasteiger partial charge in [-0.1, -0.05) is 0 Å². The monoisotopic (exact) mass is 268 g/mol. The summed E-state index contributed by atoms with van der Waals surface area (Å²) in [5, 5.41) is 3.69. The first-order valence-electron chi connectivity index (χ1n) is 7.48. The average molecular weight is 268 g/mol. The Morgan fingerprint density at radius 3 is 2.42 bits per heavy atom. The third-order valence-corrected chi connectivity index (χ3v) is 4.46. The highest BCUT2D eigenvalue weighted by molar-refractivity contribution is 5.73. The molecule has 2 aliphatic rings. The first kappa shape index (κ1) is 14.6. The molecule has 2 saturated heterocycles. The molecule has 110 valence electrons.